The molecule has 0 amide bonds. The van der Waals surface area contributed by atoms with Crippen LogP contribution in [0.2, 0.25) is 0 Å². The van der Waals surface area contributed by atoms with E-state index in [2.05, 4.69) is 30.9 Å². The van der Waals surface area contributed by atoms with Crippen molar-refractivity contribution in [2.75, 3.05) is 20.6 Å². The minimum absolute atomic E-state index is 0.604. The van der Waals surface area contributed by atoms with E-state index < -0.39 is 6.10 Å². The van der Waals surface area contributed by atoms with E-state index in [1.807, 2.05) is 32.0 Å². The molecule has 0 radical (unpaired) electrons. The predicted molar refractivity (Wildman–Crippen MR) is 75.8 cm³/mol. The van der Waals surface area contributed by atoms with E-state index in [0.29, 0.717) is 5.82 Å². The van der Waals surface area contributed by atoms with Crippen molar-refractivity contribution in [2.45, 2.75) is 12.6 Å². The molecule has 0 saturated heterocycles. The van der Waals surface area contributed by atoms with Crippen LogP contribution in [0.3, 0.4) is 0 Å². The molecule has 7 heteroatoms. The number of hydrogen-bond acceptors (Lipinski definition) is 4. The maximum absolute atomic E-state index is 10.5. The van der Waals surface area contributed by atoms with Crippen molar-refractivity contribution in [3.05, 3.63) is 34.6 Å². The van der Waals surface area contributed by atoms with Crippen LogP contribution in [-0.4, -0.2) is 50.0 Å². The molecule has 1 atom stereocenters. The highest BCUT2D eigenvalue weighted by Gasteiger charge is 2.22. The Hall–Kier alpha value is -1.18. The second-order valence-electron chi connectivity index (χ2n) is 4.70. The molecular formula is C12H18BrN5O. The number of likely N-dealkylation sites (N-methyl/N-ethyl adjacent to an activating group) is 1. The summed E-state index contributed by atoms with van der Waals surface area (Å²) >= 11 is 3.44. The molecule has 0 aliphatic heterocycles. The van der Waals surface area contributed by atoms with Gasteiger partial charge in [-0.3, -0.25) is 4.68 Å². The Morgan fingerprint density at radius 2 is 2.21 bits per heavy atom. The van der Waals surface area contributed by atoms with Crippen molar-refractivity contribution in [3.8, 4) is 0 Å². The molecule has 2 rings (SSSR count). The van der Waals surface area contributed by atoms with E-state index >= 15 is 0 Å². The monoisotopic (exact) mass is 327 g/mol. The number of halogens is 1. The first kappa shape index (κ1) is 14.2. The first-order valence-corrected chi connectivity index (χ1v) is 6.81. The zero-order valence-corrected chi connectivity index (χ0v) is 12.9. The number of imidazole rings is 1. The topological polar surface area (TPSA) is 59.1 Å². The Morgan fingerprint density at radius 3 is 2.79 bits per heavy atom. The molecule has 19 heavy (non-hydrogen) atoms. The zero-order chi connectivity index (χ0) is 14.0. The van der Waals surface area contributed by atoms with Crippen LogP contribution >= 0.6 is 15.9 Å². The standard InChI is InChI=1S/C12H18BrN5O/c1-16(2)6-7-18-10(9(13)8-15-18)11(19)12-14-4-5-17(12)3/h4-5,8,11,19H,6-7H2,1-3H3. The summed E-state index contributed by atoms with van der Waals surface area (Å²) in [6.07, 6.45) is 4.40. The molecule has 104 valence electrons. The van der Waals surface area contributed by atoms with Crippen molar-refractivity contribution >= 4 is 15.9 Å². The fourth-order valence-electron chi connectivity index (χ4n) is 1.88. The number of nitrogens with zero attached hydrogens (tertiary/aromatic N) is 5. The molecule has 2 heterocycles. The summed E-state index contributed by atoms with van der Waals surface area (Å²) < 4.78 is 4.41. The fraction of sp³-hybridized carbons (Fsp3) is 0.500. The van der Waals surface area contributed by atoms with Crippen molar-refractivity contribution in [2.24, 2.45) is 7.05 Å². The normalized spacial score (nSPS) is 13.2. The molecule has 0 bridgehead atoms. The predicted octanol–water partition coefficient (Wildman–Crippen LogP) is 1.02. The van der Waals surface area contributed by atoms with Crippen LogP contribution in [-0.2, 0) is 13.6 Å². The molecule has 0 saturated carbocycles. The Morgan fingerprint density at radius 1 is 1.47 bits per heavy atom. The average Bonchev–Trinajstić information content (AvgIpc) is 2.92. The van der Waals surface area contributed by atoms with Gasteiger partial charge in [0.15, 0.2) is 6.10 Å². The van der Waals surface area contributed by atoms with Crippen LogP contribution in [0.15, 0.2) is 23.1 Å². The highest BCUT2D eigenvalue weighted by atomic mass is 79.9. The molecule has 0 aliphatic carbocycles. The van der Waals surface area contributed by atoms with E-state index in [1.165, 1.54) is 0 Å². The van der Waals surface area contributed by atoms with Crippen LogP contribution < -0.4 is 0 Å². The molecule has 1 N–H and O–H groups in total. The smallest absolute Gasteiger partial charge is 0.154 e. The van der Waals surface area contributed by atoms with E-state index in [-0.39, 0.29) is 0 Å². The SMILES string of the molecule is CN(C)CCn1ncc(Br)c1C(O)c1nccn1C. The van der Waals surface area contributed by atoms with Gasteiger partial charge in [-0.15, -0.1) is 0 Å². The molecule has 1 unspecified atom stereocenters. The van der Waals surface area contributed by atoms with Gasteiger partial charge in [-0.2, -0.15) is 5.10 Å². The second-order valence-corrected chi connectivity index (χ2v) is 5.56. The van der Waals surface area contributed by atoms with Gasteiger partial charge in [-0.1, -0.05) is 0 Å². The van der Waals surface area contributed by atoms with Crippen LogP contribution in [0.25, 0.3) is 0 Å². The summed E-state index contributed by atoms with van der Waals surface area (Å²) in [6, 6.07) is 0. The van der Waals surface area contributed by atoms with Gasteiger partial charge in [0, 0.05) is 26.0 Å². The lowest BCUT2D eigenvalue weighted by Gasteiger charge is -2.16. The molecule has 0 aliphatic rings. The Labute approximate surface area is 120 Å². The van der Waals surface area contributed by atoms with Gasteiger partial charge < -0.3 is 14.6 Å². The maximum Gasteiger partial charge on any atom is 0.154 e. The number of aliphatic hydroxyl groups is 1. The first-order valence-electron chi connectivity index (χ1n) is 6.02. The van der Waals surface area contributed by atoms with Crippen molar-refractivity contribution in [1.82, 2.24) is 24.2 Å². The molecule has 0 spiro atoms. The van der Waals surface area contributed by atoms with Gasteiger partial charge in [-0.05, 0) is 30.0 Å². The van der Waals surface area contributed by atoms with Crippen LogP contribution in [0.5, 0.6) is 0 Å². The molecular weight excluding hydrogens is 310 g/mol. The quantitative estimate of drug-likeness (QED) is 0.890. The van der Waals surface area contributed by atoms with Crippen LogP contribution in [0, 0.1) is 0 Å². The highest BCUT2D eigenvalue weighted by molar-refractivity contribution is 9.10. The van der Waals surface area contributed by atoms with Crippen LogP contribution in [0.1, 0.15) is 17.6 Å². The third kappa shape index (κ3) is 3.05. The summed E-state index contributed by atoms with van der Waals surface area (Å²) in [5, 5.41) is 14.8. The Kier molecular flexibility index (Phi) is 4.38. The van der Waals surface area contributed by atoms with Gasteiger partial charge >= 0.3 is 0 Å². The van der Waals surface area contributed by atoms with Gasteiger partial charge in [-0.25, -0.2) is 4.98 Å². The zero-order valence-electron chi connectivity index (χ0n) is 11.3. The highest BCUT2D eigenvalue weighted by Crippen LogP contribution is 2.27. The summed E-state index contributed by atoms with van der Waals surface area (Å²) in [5.41, 5.74) is 0.733. The fourth-order valence-corrected chi connectivity index (χ4v) is 2.39. The summed E-state index contributed by atoms with van der Waals surface area (Å²) in [6.45, 7) is 1.57. The van der Waals surface area contributed by atoms with Crippen molar-refractivity contribution < 1.29 is 5.11 Å². The van der Waals surface area contributed by atoms with E-state index in [4.69, 9.17) is 0 Å². The van der Waals surface area contributed by atoms with Crippen LogP contribution in [0.4, 0.5) is 0 Å². The number of aryl methyl sites for hydroxylation is 1. The largest absolute Gasteiger partial charge is 0.379 e. The molecule has 0 fully saturated rings. The molecule has 2 aromatic rings. The minimum atomic E-state index is -0.793. The maximum atomic E-state index is 10.5. The van der Waals surface area contributed by atoms with E-state index in [0.717, 1.165) is 23.3 Å². The Balaban J connectivity index is 2.28. The lowest BCUT2D eigenvalue weighted by atomic mass is 10.2. The third-order valence-corrected chi connectivity index (χ3v) is 3.57. The van der Waals surface area contributed by atoms with Gasteiger partial charge in [0.1, 0.15) is 5.82 Å². The number of hydrogen-bond donors (Lipinski definition) is 1. The molecule has 2 aromatic heterocycles. The summed E-state index contributed by atoms with van der Waals surface area (Å²) in [4.78, 5) is 6.27. The van der Waals surface area contributed by atoms with Gasteiger partial charge in [0.2, 0.25) is 0 Å². The average molecular weight is 328 g/mol. The number of aliphatic hydroxyl groups excluding tert-OH is 1. The lowest BCUT2D eigenvalue weighted by molar-refractivity contribution is 0.191. The van der Waals surface area contributed by atoms with Crippen molar-refractivity contribution in [1.29, 1.82) is 0 Å². The second kappa shape index (κ2) is 5.85. The Bertz CT molecular complexity index is 548. The minimum Gasteiger partial charge on any atom is -0.379 e. The van der Waals surface area contributed by atoms with Gasteiger partial charge in [0.25, 0.3) is 0 Å². The molecule has 6 nitrogen and oxygen atoms in total. The first-order chi connectivity index (χ1) is 9.00. The lowest BCUT2D eigenvalue weighted by Crippen LogP contribution is -2.22. The third-order valence-electron chi connectivity index (χ3n) is 2.95. The molecule has 0 aromatic carbocycles. The van der Waals surface area contributed by atoms with Crippen molar-refractivity contribution in [3.63, 3.8) is 0 Å². The number of aromatic nitrogens is 4. The summed E-state index contributed by atoms with van der Waals surface area (Å²) in [5.74, 6) is 0.604. The van der Waals surface area contributed by atoms with E-state index in [1.54, 1.807) is 17.0 Å². The number of rotatable bonds is 5. The van der Waals surface area contributed by atoms with E-state index in [9.17, 15) is 5.11 Å². The van der Waals surface area contributed by atoms with Gasteiger partial charge in [0.05, 0.1) is 22.9 Å². The summed E-state index contributed by atoms with van der Waals surface area (Å²) in [7, 11) is 5.88.